The van der Waals surface area contributed by atoms with Gasteiger partial charge in [0, 0.05) is 36.2 Å². The largest absolute Gasteiger partial charge is 0.311 e. The minimum Gasteiger partial charge on any atom is -0.311 e. The summed E-state index contributed by atoms with van der Waals surface area (Å²) in [6.45, 7) is 5.17. The molecular weight excluding hydrogens is 322 g/mol. The number of nitro benzene ring substituents is 1. The fourth-order valence-corrected chi connectivity index (χ4v) is 2.94. The summed E-state index contributed by atoms with van der Waals surface area (Å²) in [6.07, 6.45) is 3.99. The van der Waals surface area contributed by atoms with Crippen LogP contribution in [0.4, 0.5) is 5.69 Å². The van der Waals surface area contributed by atoms with Gasteiger partial charge in [-0.25, -0.2) is 0 Å². The third-order valence-corrected chi connectivity index (χ3v) is 4.35. The number of benzene rings is 1. The van der Waals surface area contributed by atoms with E-state index in [1.165, 1.54) is 32.4 Å². The molecule has 0 unspecified atom stereocenters. The highest BCUT2D eigenvalue weighted by Crippen LogP contribution is 2.22. The van der Waals surface area contributed by atoms with E-state index in [0.717, 1.165) is 29.7 Å². The zero-order valence-electron chi connectivity index (χ0n) is 11.5. The maximum absolute atomic E-state index is 10.7. The van der Waals surface area contributed by atoms with Crippen molar-refractivity contribution in [1.29, 1.82) is 0 Å². The number of non-ortho nitro benzene ring substituents is 1. The molecule has 110 valence electrons. The Morgan fingerprint density at radius 3 is 2.70 bits per heavy atom. The first kappa shape index (κ1) is 15.4. The zero-order chi connectivity index (χ0) is 14.4. The molecule has 0 amide bonds. The Bertz CT molecular complexity index is 462. The molecule has 0 radical (unpaired) electrons. The highest BCUT2D eigenvalue weighted by molar-refractivity contribution is 9.10. The zero-order valence-corrected chi connectivity index (χ0v) is 13.1. The average molecular weight is 342 g/mol. The van der Waals surface area contributed by atoms with Crippen molar-refractivity contribution < 1.29 is 4.92 Å². The van der Waals surface area contributed by atoms with Crippen LogP contribution >= 0.6 is 15.9 Å². The smallest absolute Gasteiger partial charge is 0.270 e. The number of hydrogen-bond acceptors (Lipinski definition) is 4. The van der Waals surface area contributed by atoms with E-state index >= 15 is 0 Å². The molecule has 0 saturated carbocycles. The standard InChI is InChI=1S/C14H20BrN3O2/c15-14-10-13(18(19)20)5-4-12(14)11-16-6-9-17-7-2-1-3-8-17/h4-5,10,16H,1-3,6-9,11H2. The lowest BCUT2D eigenvalue weighted by atomic mass is 10.1. The van der Waals surface area contributed by atoms with E-state index in [1.54, 1.807) is 18.2 Å². The van der Waals surface area contributed by atoms with E-state index in [-0.39, 0.29) is 10.6 Å². The summed E-state index contributed by atoms with van der Waals surface area (Å²) in [5.74, 6) is 0. The number of hydrogen-bond donors (Lipinski definition) is 1. The van der Waals surface area contributed by atoms with Crippen LogP contribution < -0.4 is 5.32 Å². The van der Waals surface area contributed by atoms with Gasteiger partial charge in [0.25, 0.3) is 5.69 Å². The summed E-state index contributed by atoms with van der Waals surface area (Å²) >= 11 is 3.39. The molecule has 6 heteroatoms. The third-order valence-electron chi connectivity index (χ3n) is 3.62. The monoisotopic (exact) mass is 341 g/mol. The highest BCUT2D eigenvalue weighted by Gasteiger charge is 2.10. The van der Waals surface area contributed by atoms with Crippen molar-refractivity contribution in [2.75, 3.05) is 26.2 Å². The van der Waals surface area contributed by atoms with Crippen molar-refractivity contribution in [2.45, 2.75) is 25.8 Å². The lowest BCUT2D eigenvalue weighted by Crippen LogP contribution is -2.35. The maximum atomic E-state index is 10.7. The fraction of sp³-hybridized carbons (Fsp3) is 0.571. The molecule has 1 aromatic carbocycles. The Morgan fingerprint density at radius 2 is 2.05 bits per heavy atom. The molecule has 0 bridgehead atoms. The number of nitro groups is 1. The lowest BCUT2D eigenvalue weighted by molar-refractivity contribution is -0.384. The van der Waals surface area contributed by atoms with Crippen molar-refractivity contribution in [3.8, 4) is 0 Å². The van der Waals surface area contributed by atoms with E-state index in [0.29, 0.717) is 0 Å². The van der Waals surface area contributed by atoms with Gasteiger partial charge >= 0.3 is 0 Å². The molecule has 1 aromatic rings. The molecule has 1 N–H and O–H groups in total. The molecule has 5 nitrogen and oxygen atoms in total. The molecule has 1 fully saturated rings. The molecule has 0 aliphatic carbocycles. The first-order valence-corrected chi connectivity index (χ1v) is 7.82. The van der Waals surface area contributed by atoms with Gasteiger partial charge in [0.15, 0.2) is 0 Å². The SMILES string of the molecule is O=[N+]([O-])c1ccc(CNCCN2CCCCC2)c(Br)c1. The first-order chi connectivity index (χ1) is 9.66. The van der Waals surface area contributed by atoms with Crippen molar-refractivity contribution in [3.63, 3.8) is 0 Å². The van der Waals surface area contributed by atoms with Crippen molar-refractivity contribution in [2.24, 2.45) is 0 Å². The van der Waals surface area contributed by atoms with Crippen LogP contribution in [0.2, 0.25) is 0 Å². The molecule has 1 heterocycles. The van der Waals surface area contributed by atoms with Gasteiger partial charge in [-0.15, -0.1) is 0 Å². The van der Waals surface area contributed by atoms with Crippen molar-refractivity contribution >= 4 is 21.6 Å². The summed E-state index contributed by atoms with van der Waals surface area (Å²) < 4.78 is 0.789. The molecule has 1 aliphatic heterocycles. The van der Waals surface area contributed by atoms with Crippen LogP contribution in [0, 0.1) is 10.1 Å². The van der Waals surface area contributed by atoms with Gasteiger partial charge in [-0.3, -0.25) is 10.1 Å². The van der Waals surface area contributed by atoms with Crippen LogP contribution in [-0.4, -0.2) is 36.0 Å². The second-order valence-electron chi connectivity index (χ2n) is 5.11. The van der Waals surface area contributed by atoms with Crippen LogP contribution in [0.25, 0.3) is 0 Å². The van der Waals surface area contributed by atoms with Crippen LogP contribution in [0.15, 0.2) is 22.7 Å². The molecule has 0 spiro atoms. The Balaban J connectivity index is 1.74. The van der Waals surface area contributed by atoms with E-state index in [4.69, 9.17) is 0 Å². The molecule has 0 atom stereocenters. The number of rotatable bonds is 6. The van der Waals surface area contributed by atoms with Gasteiger partial charge in [0.1, 0.15) is 0 Å². The molecule has 1 aliphatic rings. The first-order valence-electron chi connectivity index (χ1n) is 7.03. The topological polar surface area (TPSA) is 58.4 Å². The van der Waals surface area contributed by atoms with Crippen LogP contribution in [0.3, 0.4) is 0 Å². The van der Waals surface area contributed by atoms with Gasteiger partial charge < -0.3 is 10.2 Å². The Labute approximate surface area is 127 Å². The second-order valence-corrected chi connectivity index (χ2v) is 5.97. The van der Waals surface area contributed by atoms with Crippen LogP contribution in [-0.2, 0) is 6.54 Å². The van der Waals surface area contributed by atoms with E-state index in [1.807, 2.05) is 0 Å². The minimum atomic E-state index is -0.377. The molecular formula is C14H20BrN3O2. The van der Waals surface area contributed by atoms with Crippen molar-refractivity contribution in [3.05, 3.63) is 38.3 Å². The molecule has 20 heavy (non-hydrogen) atoms. The highest BCUT2D eigenvalue weighted by atomic mass is 79.9. The lowest BCUT2D eigenvalue weighted by Gasteiger charge is -2.26. The normalized spacial score (nSPS) is 16.2. The van der Waals surface area contributed by atoms with E-state index < -0.39 is 0 Å². The van der Waals surface area contributed by atoms with Gasteiger partial charge in [-0.1, -0.05) is 22.4 Å². The average Bonchev–Trinajstić information content (AvgIpc) is 2.46. The summed E-state index contributed by atoms with van der Waals surface area (Å²) in [5.41, 5.74) is 1.17. The van der Waals surface area contributed by atoms with Crippen molar-refractivity contribution in [1.82, 2.24) is 10.2 Å². The summed E-state index contributed by atoms with van der Waals surface area (Å²) in [7, 11) is 0. The molecule has 0 aromatic heterocycles. The van der Waals surface area contributed by atoms with Gasteiger partial charge in [0.05, 0.1) is 4.92 Å². The summed E-state index contributed by atoms with van der Waals surface area (Å²) in [4.78, 5) is 12.8. The van der Waals surface area contributed by atoms with Crippen LogP contribution in [0.1, 0.15) is 24.8 Å². The predicted octanol–water partition coefficient (Wildman–Crippen LogP) is 2.93. The maximum Gasteiger partial charge on any atom is 0.270 e. The number of piperidine rings is 1. The third kappa shape index (κ3) is 4.54. The number of halogens is 1. The number of nitrogens with one attached hydrogen (secondary N) is 1. The Hall–Kier alpha value is -0.980. The molecule has 2 rings (SSSR count). The fourth-order valence-electron chi connectivity index (χ4n) is 2.44. The van der Waals surface area contributed by atoms with Gasteiger partial charge in [-0.05, 0) is 37.6 Å². The Kier molecular flexibility index (Phi) is 5.94. The number of nitrogens with zero attached hydrogens (tertiary/aromatic N) is 2. The second kappa shape index (κ2) is 7.71. The minimum absolute atomic E-state index is 0.119. The Morgan fingerprint density at radius 1 is 1.30 bits per heavy atom. The predicted molar refractivity (Wildman–Crippen MR) is 82.8 cm³/mol. The quantitative estimate of drug-likeness (QED) is 0.491. The van der Waals surface area contributed by atoms with E-state index in [9.17, 15) is 10.1 Å². The molecule has 1 saturated heterocycles. The summed E-state index contributed by atoms with van der Waals surface area (Å²) in [6, 6.07) is 4.91. The van der Waals surface area contributed by atoms with Gasteiger partial charge in [-0.2, -0.15) is 0 Å². The van der Waals surface area contributed by atoms with Crippen LogP contribution in [0.5, 0.6) is 0 Å². The summed E-state index contributed by atoms with van der Waals surface area (Å²) in [5, 5.41) is 14.1. The van der Waals surface area contributed by atoms with E-state index in [2.05, 4.69) is 26.1 Å². The number of likely N-dealkylation sites (tertiary alicyclic amines) is 1. The van der Waals surface area contributed by atoms with Gasteiger partial charge in [0.2, 0.25) is 0 Å².